The summed E-state index contributed by atoms with van der Waals surface area (Å²) in [7, 11) is 4.15. The Morgan fingerprint density at radius 3 is 2.83 bits per heavy atom. The number of aromatic nitrogens is 4. The number of pyridine rings is 1. The normalized spacial score (nSPS) is 19.5. The van der Waals surface area contributed by atoms with Gasteiger partial charge in [-0.15, -0.1) is 0 Å². The van der Waals surface area contributed by atoms with Crippen LogP contribution in [0.1, 0.15) is 5.56 Å². The molecule has 1 unspecified atom stereocenters. The van der Waals surface area contributed by atoms with Crippen molar-refractivity contribution in [2.24, 2.45) is 0 Å². The van der Waals surface area contributed by atoms with E-state index in [0.717, 1.165) is 60.0 Å². The number of nitrogens with zero attached hydrogens (tertiary/aromatic N) is 5. The van der Waals surface area contributed by atoms with Gasteiger partial charge in [0.25, 0.3) is 0 Å². The smallest absolute Gasteiger partial charge is 0.237 e. The van der Waals surface area contributed by atoms with Gasteiger partial charge in [0.2, 0.25) is 5.88 Å². The third-order valence-corrected chi connectivity index (χ3v) is 6.49. The largest absolute Gasteiger partial charge is 0.474 e. The molecule has 0 amide bonds. The fourth-order valence-corrected chi connectivity index (χ4v) is 4.86. The fourth-order valence-electron chi connectivity index (χ4n) is 4.86. The van der Waals surface area contributed by atoms with Crippen LogP contribution in [0.5, 0.6) is 5.88 Å². The molecule has 0 bridgehead atoms. The van der Waals surface area contributed by atoms with Gasteiger partial charge in [-0.25, -0.2) is 15.0 Å². The minimum Gasteiger partial charge on any atom is -0.474 e. The Bertz CT molecular complexity index is 1360. The van der Waals surface area contributed by atoms with Crippen LogP contribution >= 0.6 is 0 Å². The molecule has 0 aliphatic carbocycles. The van der Waals surface area contributed by atoms with Gasteiger partial charge in [-0.05, 0) is 37.9 Å². The molecule has 3 N–H and O–H groups in total. The van der Waals surface area contributed by atoms with Crippen LogP contribution in [0.3, 0.4) is 0 Å². The number of fused-ring (bicyclic) bond motifs is 2. The first-order chi connectivity index (χ1) is 17.6. The van der Waals surface area contributed by atoms with E-state index in [1.807, 2.05) is 22.9 Å². The lowest BCUT2D eigenvalue weighted by molar-refractivity contribution is -0.0836. The highest BCUT2D eigenvalue weighted by Gasteiger charge is 2.35. The average molecular weight is 487 g/mol. The Kier molecular flexibility index (Phi) is 5.92. The van der Waals surface area contributed by atoms with Crippen LogP contribution in [-0.2, 0) is 10.3 Å². The minimum absolute atomic E-state index is 0.369. The molecule has 3 aromatic heterocycles. The monoisotopic (exact) mass is 486 g/mol. The zero-order valence-corrected chi connectivity index (χ0v) is 20.5. The number of benzene rings is 1. The van der Waals surface area contributed by atoms with Crippen LogP contribution in [0.4, 0.5) is 17.2 Å². The number of morpholine rings is 1. The summed E-state index contributed by atoms with van der Waals surface area (Å²) >= 11 is 0. The van der Waals surface area contributed by atoms with Crippen molar-refractivity contribution in [1.29, 1.82) is 0 Å². The first-order valence-corrected chi connectivity index (χ1v) is 12.2. The predicted molar refractivity (Wildman–Crippen MR) is 139 cm³/mol. The molecule has 10 heteroatoms. The van der Waals surface area contributed by atoms with E-state index in [1.54, 1.807) is 12.4 Å². The van der Waals surface area contributed by atoms with E-state index in [9.17, 15) is 0 Å². The molecule has 1 atom stereocenters. The van der Waals surface area contributed by atoms with Gasteiger partial charge in [0, 0.05) is 62.2 Å². The molecule has 5 heterocycles. The molecule has 4 aromatic rings. The molecule has 36 heavy (non-hydrogen) atoms. The molecule has 6 rings (SSSR count). The van der Waals surface area contributed by atoms with Gasteiger partial charge >= 0.3 is 0 Å². The predicted octanol–water partition coefficient (Wildman–Crippen LogP) is 2.72. The van der Waals surface area contributed by atoms with Gasteiger partial charge in [-0.1, -0.05) is 12.1 Å². The number of imidazole rings is 1. The third kappa shape index (κ3) is 4.34. The van der Waals surface area contributed by atoms with Crippen molar-refractivity contribution in [3.05, 3.63) is 60.7 Å². The molecule has 186 valence electrons. The summed E-state index contributed by atoms with van der Waals surface area (Å²) in [6.07, 6.45) is 7.44. The van der Waals surface area contributed by atoms with Gasteiger partial charge in [-0.2, -0.15) is 0 Å². The quantitative estimate of drug-likeness (QED) is 0.380. The van der Waals surface area contributed by atoms with Gasteiger partial charge in [0.1, 0.15) is 12.2 Å². The van der Waals surface area contributed by atoms with E-state index in [-0.39, 0.29) is 5.60 Å². The lowest BCUT2D eigenvalue weighted by Gasteiger charge is -2.40. The number of ether oxygens (including phenoxy) is 2. The Balaban J connectivity index is 1.30. The zero-order chi connectivity index (χ0) is 24.5. The van der Waals surface area contributed by atoms with E-state index in [2.05, 4.69) is 69.2 Å². The number of nitrogens with one attached hydrogen (secondary N) is 3. The highest BCUT2D eigenvalue weighted by atomic mass is 16.5. The number of rotatable bonds is 6. The van der Waals surface area contributed by atoms with E-state index in [4.69, 9.17) is 14.5 Å². The molecule has 2 aliphatic rings. The standard InChI is InChI=1S/C26H30N8O2/c1-33(2)17-26(16-27-8-12-36-26)19-3-5-20(6-4-19)31-23-24-29-7-10-34(24)15-22(32-23)18-13-21-25(30-14-18)35-11-9-28-21/h3-7,10,13-15,27-28H,8-9,11-12,16-17H2,1-2H3,(H,31,32). The highest BCUT2D eigenvalue weighted by Crippen LogP contribution is 2.32. The molecule has 1 fully saturated rings. The van der Waals surface area contributed by atoms with Crippen molar-refractivity contribution in [3.8, 4) is 17.1 Å². The Labute approximate surface area is 209 Å². The zero-order valence-electron chi connectivity index (χ0n) is 20.5. The SMILES string of the molecule is CN(C)CC1(c2ccc(Nc3nc(-c4cnc5c(c4)NCCO5)cn4ccnc34)cc2)CNCCO1. The maximum Gasteiger partial charge on any atom is 0.237 e. The summed E-state index contributed by atoms with van der Waals surface area (Å²) in [6, 6.07) is 10.4. The van der Waals surface area contributed by atoms with Crippen molar-refractivity contribution in [1.82, 2.24) is 29.6 Å². The first-order valence-electron chi connectivity index (χ1n) is 12.2. The van der Waals surface area contributed by atoms with Gasteiger partial charge in [0.05, 0.1) is 18.0 Å². The molecule has 0 radical (unpaired) electrons. The second-order valence-corrected chi connectivity index (χ2v) is 9.44. The maximum absolute atomic E-state index is 6.30. The van der Waals surface area contributed by atoms with Crippen molar-refractivity contribution >= 4 is 22.8 Å². The summed E-state index contributed by atoms with van der Waals surface area (Å²) < 4.78 is 13.9. The van der Waals surface area contributed by atoms with Crippen molar-refractivity contribution in [2.45, 2.75) is 5.60 Å². The molecule has 10 nitrogen and oxygen atoms in total. The van der Waals surface area contributed by atoms with E-state index < -0.39 is 0 Å². The summed E-state index contributed by atoms with van der Waals surface area (Å²) in [5.41, 5.74) is 5.02. The Hall–Kier alpha value is -3.73. The van der Waals surface area contributed by atoms with E-state index >= 15 is 0 Å². The van der Waals surface area contributed by atoms with Crippen LogP contribution in [0.2, 0.25) is 0 Å². The first kappa shape index (κ1) is 22.7. The van der Waals surface area contributed by atoms with Crippen molar-refractivity contribution in [3.63, 3.8) is 0 Å². The number of anilines is 3. The minimum atomic E-state index is -0.369. The number of likely N-dealkylation sites (N-methyl/N-ethyl adjacent to an activating group) is 1. The molecule has 1 saturated heterocycles. The maximum atomic E-state index is 6.30. The van der Waals surface area contributed by atoms with Crippen molar-refractivity contribution < 1.29 is 9.47 Å². The molecule has 1 aromatic carbocycles. The Morgan fingerprint density at radius 2 is 2.03 bits per heavy atom. The molecule has 0 saturated carbocycles. The lowest BCUT2D eigenvalue weighted by atomic mass is 9.91. The molecule has 2 aliphatic heterocycles. The van der Waals surface area contributed by atoms with Crippen LogP contribution < -0.4 is 20.7 Å². The topological polar surface area (TPSA) is 101 Å². The second kappa shape index (κ2) is 9.38. The van der Waals surface area contributed by atoms with Crippen LogP contribution in [0.25, 0.3) is 16.9 Å². The van der Waals surface area contributed by atoms with Crippen molar-refractivity contribution in [2.75, 3.05) is 64.1 Å². The van der Waals surface area contributed by atoms with E-state index in [1.165, 1.54) is 0 Å². The molecular formula is C26H30N8O2. The lowest BCUT2D eigenvalue weighted by Crippen LogP contribution is -2.52. The van der Waals surface area contributed by atoms with Gasteiger partial charge in [0.15, 0.2) is 11.5 Å². The highest BCUT2D eigenvalue weighted by molar-refractivity contribution is 5.75. The number of hydrogen-bond donors (Lipinski definition) is 3. The summed E-state index contributed by atoms with van der Waals surface area (Å²) in [5.74, 6) is 1.29. The summed E-state index contributed by atoms with van der Waals surface area (Å²) in [6.45, 7) is 4.53. The Morgan fingerprint density at radius 1 is 1.14 bits per heavy atom. The average Bonchev–Trinajstić information content (AvgIpc) is 3.38. The third-order valence-electron chi connectivity index (χ3n) is 6.49. The van der Waals surface area contributed by atoms with Crippen LogP contribution in [0.15, 0.2) is 55.1 Å². The van der Waals surface area contributed by atoms with Gasteiger partial charge < -0.3 is 34.7 Å². The summed E-state index contributed by atoms with van der Waals surface area (Å²) in [4.78, 5) is 16.1. The van der Waals surface area contributed by atoms with E-state index in [0.29, 0.717) is 24.9 Å². The fraction of sp³-hybridized carbons (Fsp3) is 0.346. The summed E-state index contributed by atoms with van der Waals surface area (Å²) in [5, 5.41) is 10.3. The van der Waals surface area contributed by atoms with Gasteiger partial charge in [-0.3, -0.25) is 0 Å². The molecular weight excluding hydrogens is 456 g/mol. The second-order valence-electron chi connectivity index (χ2n) is 9.44. The van der Waals surface area contributed by atoms with Crippen LogP contribution in [0, 0.1) is 0 Å². The molecule has 0 spiro atoms. The number of hydrogen-bond acceptors (Lipinski definition) is 9. The van der Waals surface area contributed by atoms with Crippen LogP contribution in [-0.4, -0.2) is 77.7 Å².